The molecule has 3 rings (SSSR count). The molecule has 0 aliphatic carbocycles. The van der Waals surface area contributed by atoms with Gasteiger partial charge in [-0.3, -0.25) is 9.58 Å². The fraction of sp³-hybridized carbons (Fsp3) is 0.571. The van der Waals surface area contributed by atoms with Gasteiger partial charge >= 0.3 is 0 Å². The summed E-state index contributed by atoms with van der Waals surface area (Å²) in [6.45, 7) is 8.81. The van der Waals surface area contributed by atoms with Gasteiger partial charge in [-0.25, -0.2) is 4.98 Å². The molecule has 0 bridgehead atoms. The normalized spacial score (nSPS) is 17.6. The molecule has 3 heterocycles. The van der Waals surface area contributed by atoms with Gasteiger partial charge in [0.1, 0.15) is 5.01 Å². The van der Waals surface area contributed by atoms with Crippen LogP contribution in [0.3, 0.4) is 0 Å². The molecule has 1 aliphatic heterocycles. The van der Waals surface area contributed by atoms with Crippen molar-refractivity contribution in [3.63, 3.8) is 0 Å². The number of aryl methyl sites for hydroxylation is 1. The van der Waals surface area contributed by atoms with Gasteiger partial charge in [0, 0.05) is 50.4 Å². The van der Waals surface area contributed by atoms with E-state index in [9.17, 15) is 0 Å². The monoisotopic (exact) mass is 291 g/mol. The van der Waals surface area contributed by atoms with Crippen molar-refractivity contribution in [1.29, 1.82) is 0 Å². The number of nitrogens with one attached hydrogen (secondary N) is 1. The maximum Gasteiger partial charge on any atom is 0.113 e. The molecule has 0 unspecified atom stereocenters. The van der Waals surface area contributed by atoms with Gasteiger partial charge in [-0.05, 0) is 13.8 Å². The van der Waals surface area contributed by atoms with E-state index in [4.69, 9.17) is 4.98 Å². The van der Waals surface area contributed by atoms with Crippen molar-refractivity contribution in [2.75, 3.05) is 26.2 Å². The molecule has 1 aliphatic rings. The number of rotatable bonds is 3. The Morgan fingerprint density at radius 1 is 1.30 bits per heavy atom. The van der Waals surface area contributed by atoms with Crippen LogP contribution in [0.1, 0.15) is 18.9 Å². The van der Waals surface area contributed by atoms with Crippen LogP contribution in [0, 0.1) is 0 Å². The van der Waals surface area contributed by atoms with Crippen molar-refractivity contribution in [3.8, 4) is 11.3 Å². The quantitative estimate of drug-likeness (QED) is 0.935. The van der Waals surface area contributed by atoms with Gasteiger partial charge in [-0.2, -0.15) is 5.10 Å². The summed E-state index contributed by atoms with van der Waals surface area (Å²) in [6, 6.07) is 0. The molecule has 6 heteroatoms. The number of piperazine rings is 1. The molecule has 2 aromatic rings. The average molecular weight is 291 g/mol. The van der Waals surface area contributed by atoms with E-state index in [1.807, 2.05) is 24.1 Å². The van der Waals surface area contributed by atoms with Gasteiger partial charge in [0.05, 0.1) is 17.4 Å². The molecule has 0 saturated carbocycles. The molecular weight excluding hydrogens is 270 g/mol. The number of hydrogen-bond acceptors (Lipinski definition) is 5. The molecule has 0 radical (unpaired) electrons. The van der Waals surface area contributed by atoms with Crippen LogP contribution < -0.4 is 5.32 Å². The summed E-state index contributed by atoms with van der Waals surface area (Å²) >= 11 is 1.74. The van der Waals surface area contributed by atoms with Crippen LogP contribution in [0.4, 0.5) is 0 Å². The second-order valence-corrected chi connectivity index (χ2v) is 6.59. The molecule has 20 heavy (non-hydrogen) atoms. The van der Waals surface area contributed by atoms with Crippen LogP contribution in [0.2, 0.25) is 0 Å². The second kappa shape index (κ2) is 5.27. The lowest BCUT2D eigenvalue weighted by Crippen LogP contribution is -2.51. The highest BCUT2D eigenvalue weighted by molar-refractivity contribution is 7.10. The zero-order valence-corrected chi connectivity index (χ0v) is 13.1. The van der Waals surface area contributed by atoms with Crippen molar-refractivity contribution >= 4 is 11.3 Å². The number of aromatic nitrogens is 3. The average Bonchev–Trinajstić information content (AvgIpc) is 3.08. The van der Waals surface area contributed by atoms with Gasteiger partial charge in [0.2, 0.25) is 0 Å². The van der Waals surface area contributed by atoms with Gasteiger partial charge < -0.3 is 5.32 Å². The molecule has 0 spiro atoms. The van der Waals surface area contributed by atoms with Crippen LogP contribution in [-0.4, -0.2) is 45.8 Å². The lowest BCUT2D eigenvalue weighted by molar-refractivity contribution is 0.102. The number of thiazole rings is 1. The summed E-state index contributed by atoms with van der Waals surface area (Å²) in [5.41, 5.74) is 2.11. The fourth-order valence-corrected chi connectivity index (χ4v) is 3.58. The molecule has 1 saturated heterocycles. The summed E-state index contributed by atoms with van der Waals surface area (Å²) in [4.78, 5) is 7.35. The van der Waals surface area contributed by atoms with Crippen molar-refractivity contribution in [1.82, 2.24) is 25.0 Å². The molecule has 1 fully saturated rings. The third kappa shape index (κ3) is 2.51. The Hall–Kier alpha value is -1.24. The standard InChI is InChI=1S/C14H21N5S/c1-14(2,19-6-4-15-5-7-19)13-17-12(10-20-13)11-8-16-18(3)9-11/h8-10,15H,4-7H2,1-3H3. The second-order valence-electron chi connectivity index (χ2n) is 5.74. The first kappa shape index (κ1) is 13.7. The van der Waals surface area contributed by atoms with Crippen LogP contribution in [-0.2, 0) is 12.6 Å². The Morgan fingerprint density at radius 2 is 2.05 bits per heavy atom. The molecule has 108 valence electrons. The van der Waals surface area contributed by atoms with Crippen LogP contribution in [0.25, 0.3) is 11.3 Å². The first-order valence-corrected chi connectivity index (χ1v) is 7.86. The summed E-state index contributed by atoms with van der Waals surface area (Å²) in [6.07, 6.45) is 3.88. The Balaban J connectivity index is 1.85. The minimum absolute atomic E-state index is 0.00672. The van der Waals surface area contributed by atoms with E-state index in [2.05, 4.69) is 34.5 Å². The maximum absolute atomic E-state index is 4.84. The Morgan fingerprint density at radius 3 is 2.70 bits per heavy atom. The highest BCUT2D eigenvalue weighted by atomic mass is 32.1. The smallest absolute Gasteiger partial charge is 0.113 e. The zero-order valence-electron chi connectivity index (χ0n) is 12.3. The lowest BCUT2D eigenvalue weighted by atomic mass is 10.0. The first-order valence-electron chi connectivity index (χ1n) is 6.98. The summed E-state index contributed by atoms with van der Waals surface area (Å²) in [5.74, 6) is 0. The van der Waals surface area contributed by atoms with Gasteiger partial charge in [0.25, 0.3) is 0 Å². The largest absolute Gasteiger partial charge is 0.314 e. The number of hydrogen-bond donors (Lipinski definition) is 1. The molecule has 2 aromatic heterocycles. The SMILES string of the molecule is Cn1cc(-c2csc(C(C)(C)N3CCNCC3)n2)cn1. The fourth-order valence-electron chi connectivity index (χ4n) is 2.60. The van der Waals surface area contributed by atoms with E-state index in [0.717, 1.165) is 37.4 Å². The van der Waals surface area contributed by atoms with E-state index in [-0.39, 0.29) is 5.54 Å². The predicted molar refractivity (Wildman–Crippen MR) is 81.8 cm³/mol. The van der Waals surface area contributed by atoms with Gasteiger partial charge in [0.15, 0.2) is 0 Å². The van der Waals surface area contributed by atoms with E-state index < -0.39 is 0 Å². The van der Waals surface area contributed by atoms with Crippen molar-refractivity contribution in [3.05, 3.63) is 22.8 Å². The summed E-state index contributed by atoms with van der Waals surface area (Å²) < 4.78 is 1.82. The molecule has 0 atom stereocenters. The highest BCUT2D eigenvalue weighted by Crippen LogP contribution is 2.33. The topological polar surface area (TPSA) is 46.0 Å². The van der Waals surface area contributed by atoms with Crippen molar-refractivity contribution in [2.45, 2.75) is 19.4 Å². The lowest BCUT2D eigenvalue weighted by Gasteiger charge is -2.39. The van der Waals surface area contributed by atoms with E-state index in [0.29, 0.717) is 0 Å². The molecular formula is C14H21N5S. The Labute approximate surface area is 123 Å². The van der Waals surface area contributed by atoms with Crippen LogP contribution >= 0.6 is 11.3 Å². The predicted octanol–water partition coefficient (Wildman–Crippen LogP) is 1.68. The van der Waals surface area contributed by atoms with Gasteiger partial charge in [-0.15, -0.1) is 11.3 Å². The maximum atomic E-state index is 4.84. The van der Waals surface area contributed by atoms with Crippen LogP contribution in [0.5, 0.6) is 0 Å². The van der Waals surface area contributed by atoms with Crippen molar-refractivity contribution in [2.24, 2.45) is 7.05 Å². The molecule has 0 amide bonds. The Bertz CT molecular complexity index is 580. The zero-order chi connectivity index (χ0) is 14.2. The summed E-state index contributed by atoms with van der Waals surface area (Å²) in [5, 5.41) is 10.9. The number of nitrogens with zero attached hydrogens (tertiary/aromatic N) is 4. The third-order valence-electron chi connectivity index (χ3n) is 3.94. The first-order chi connectivity index (χ1) is 9.57. The molecule has 1 N–H and O–H groups in total. The van der Waals surface area contributed by atoms with E-state index in [1.54, 1.807) is 11.3 Å². The minimum atomic E-state index is -0.00672. The van der Waals surface area contributed by atoms with E-state index in [1.165, 1.54) is 5.01 Å². The summed E-state index contributed by atoms with van der Waals surface area (Å²) in [7, 11) is 1.93. The third-order valence-corrected chi connectivity index (χ3v) is 5.09. The van der Waals surface area contributed by atoms with Crippen molar-refractivity contribution < 1.29 is 0 Å². The van der Waals surface area contributed by atoms with Gasteiger partial charge in [-0.1, -0.05) is 0 Å². The molecule has 5 nitrogen and oxygen atoms in total. The Kier molecular flexibility index (Phi) is 3.62. The van der Waals surface area contributed by atoms with E-state index >= 15 is 0 Å². The molecule has 0 aromatic carbocycles. The van der Waals surface area contributed by atoms with Crippen LogP contribution in [0.15, 0.2) is 17.8 Å². The highest BCUT2D eigenvalue weighted by Gasteiger charge is 2.32. The minimum Gasteiger partial charge on any atom is -0.314 e.